The minimum absolute atomic E-state index is 0.0926. The van der Waals surface area contributed by atoms with Crippen LogP contribution >= 0.6 is 0 Å². The maximum atomic E-state index is 12.4. The number of anilines is 2. The van der Waals surface area contributed by atoms with Crippen LogP contribution in [0.2, 0.25) is 0 Å². The molecule has 25 heavy (non-hydrogen) atoms. The van der Waals surface area contributed by atoms with Crippen LogP contribution in [-0.2, 0) is 9.59 Å². The van der Waals surface area contributed by atoms with E-state index < -0.39 is 11.9 Å². The minimum Gasteiger partial charge on any atom is -0.478 e. The van der Waals surface area contributed by atoms with Gasteiger partial charge in [-0.15, -0.1) is 0 Å². The quantitative estimate of drug-likeness (QED) is 0.897. The molecule has 6 heteroatoms. The SMILES string of the molecule is Cc1cccc(N2C[C@@H](C(=O)Nc3cccc(C(=O)O)c3)CC2=O)c1. The van der Waals surface area contributed by atoms with Crippen molar-refractivity contribution in [2.45, 2.75) is 13.3 Å². The summed E-state index contributed by atoms with van der Waals surface area (Å²) >= 11 is 0. The highest BCUT2D eigenvalue weighted by molar-refractivity contribution is 6.03. The first-order chi connectivity index (χ1) is 11.9. The Kier molecular flexibility index (Phi) is 4.52. The number of carboxylic acids is 1. The van der Waals surface area contributed by atoms with Crippen LogP contribution in [-0.4, -0.2) is 29.4 Å². The fourth-order valence-electron chi connectivity index (χ4n) is 2.90. The highest BCUT2D eigenvalue weighted by Crippen LogP contribution is 2.26. The first-order valence-corrected chi connectivity index (χ1v) is 7.95. The Morgan fingerprint density at radius 3 is 2.64 bits per heavy atom. The average molecular weight is 338 g/mol. The van der Waals surface area contributed by atoms with E-state index in [0.717, 1.165) is 11.3 Å². The number of carboxylic acid groups (broad SMARTS) is 1. The van der Waals surface area contributed by atoms with E-state index in [2.05, 4.69) is 5.32 Å². The second-order valence-corrected chi connectivity index (χ2v) is 6.12. The number of nitrogens with one attached hydrogen (secondary N) is 1. The van der Waals surface area contributed by atoms with Gasteiger partial charge in [0, 0.05) is 24.3 Å². The number of carbonyl (C=O) groups excluding carboxylic acids is 2. The maximum absolute atomic E-state index is 12.4. The van der Waals surface area contributed by atoms with E-state index in [0.29, 0.717) is 12.2 Å². The van der Waals surface area contributed by atoms with Crippen LogP contribution < -0.4 is 10.2 Å². The van der Waals surface area contributed by atoms with Gasteiger partial charge in [0.05, 0.1) is 11.5 Å². The van der Waals surface area contributed by atoms with Crippen molar-refractivity contribution in [2.75, 3.05) is 16.8 Å². The van der Waals surface area contributed by atoms with Gasteiger partial charge in [0.2, 0.25) is 11.8 Å². The zero-order chi connectivity index (χ0) is 18.0. The molecule has 0 unspecified atom stereocenters. The van der Waals surface area contributed by atoms with Gasteiger partial charge in [-0.3, -0.25) is 9.59 Å². The number of hydrogen-bond donors (Lipinski definition) is 2. The van der Waals surface area contributed by atoms with Crippen molar-refractivity contribution in [3.63, 3.8) is 0 Å². The summed E-state index contributed by atoms with van der Waals surface area (Å²) in [5.74, 6) is -1.91. The van der Waals surface area contributed by atoms with Crippen molar-refractivity contribution in [2.24, 2.45) is 5.92 Å². The van der Waals surface area contributed by atoms with Gasteiger partial charge in [-0.25, -0.2) is 4.79 Å². The van der Waals surface area contributed by atoms with E-state index in [1.54, 1.807) is 17.0 Å². The van der Waals surface area contributed by atoms with Crippen molar-refractivity contribution in [1.29, 1.82) is 0 Å². The molecule has 0 aromatic heterocycles. The van der Waals surface area contributed by atoms with E-state index in [-0.39, 0.29) is 23.8 Å². The van der Waals surface area contributed by atoms with E-state index >= 15 is 0 Å². The molecule has 1 atom stereocenters. The van der Waals surface area contributed by atoms with Gasteiger partial charge in [-0.05, 0) is 42.8 Å². The molecule has 2 amide bonds. The van der Waals surface area contributed by atoms with Crippen molar-refractivity contribution in [1.82, 2.24) is 0 Å². The molecule has 2 aromatic carbocycles. The summed E-state index contributed by atoms with van der Waals surface area (Å²) in [6.45, 7) is 2.26. The Labute approximate surface area is 145 Å². The van der Waals surface area contributed by atoms with Crippen molar-refractivity contribution in [3.8, 4) is 0 Å². The third kappa shape index (κ3) is 3.68. The van der Waals surface area contributed by atoms with Gasteiger partial charge in [-0.2, -0.15) is 0 Å². The van der Waals surface area contributed by atoms with E-state index in [9.17, 15) is 14.4 Å². The first-order valence-electron chi connectivity index (χ1n) is 7.95. The van der Waals surface area contributed by atoms with Crippen molar-refractivity contribution in [3.05, 3.63) is 59.7 Å². The number of carbonyl (C=O) groups is 3. The minimum atomic E-state index is -1.06. The third-order valence-corrected chi connectivity index (χ3v) is 4.19. The largest absolute Gasteiger partial charge is 0.478 e. The van der Waals surface area contributed by atoms with Gasteiger partial charge < -0.3 is 15.3 Å². The van der Waals surface area contributed by atoms with Gasteiger partial charge in [0.15, 0.2) is 0 Å². The molecule has 1 saturated heterocycles. The monoisotopic (exact) mass is 338 g/mol. The molecule has 1 aliphatic rings. The third-order valence-electron chi connectivity index (χ3n) is 4.19. The fraction of sp³-hybridized carbons (Fsp3) is 0.211. The molecule has 1 heterocycles. The lowest BCUT2D eigenvalue weighted by atomic mass is 10.1. The summed E-state index contributed by atoms with van der Waals surface area (Å²) in [6.07, 6.45) is 0.137. The number of hydrogen-bond acceptors (Lipinski definition) is 3. The molecular formula is C19H18N2O4. The van der Waals surface area contributed by atoms with Gasteiger partial charge in [0.1, 0.15) is 0 Å². The normalized spacial score (nSPS) is 16.8. The number of aryl methyl sites for hydroxylation is 1. The number of nitrogens with zero attached hydrogens (tertiary/aromatic N) is 1. The van der Waals surface area contributed by atoms with Gasteiger partial charge in [0.25, 0.3) is 0 Å². The number of aromatic carboxylic acids is 1. The molecular weight excluding hydrogens is 320 g/mol. The Hall–Kier alpha value is -3.15. The molecule has 2 aromatic rings. The van der Waals surface area contributed by atoms with Crippen LogP contribution in [0.3, 0.4) is 0 Å². The molecule has 6 nitrogen and oxygen atoms in total. The second kappa shape index (κ2) is 6.76. The lowest BCUT2D eigenvalue weighted by Gasteiger charge is -2.17. The molecule has 3 rings (SSSR count). The van der Waals surface area contributed by atoms with Crippen LogP contribution in [0.15, 0.2) is 48.5 Å². The van der Waals surface area contributed by atoms with Crippen LogP contribution in [0, 0.1) is 12.8 Å². The maximum Gasteiger partial charge on any atom is 0.335 e. The molecule has 0 bridgehead atoms. The summed E-state index contributed by atoms with van der Waals surface area (Å²) in [7, 11) is 0. The predicted octanol–water partition coefficient (Wildman–Crippen LogP) is 2.68. The average Bonchev–Trinajstić information content (AvgIpc) is 2.97. The van der Waals surface area contributed by atoms with Crippen molar-refractivity contribution < 1.29 is 19.5 Å². The van der Waals surface area contributed by atoms with E-state index in [1.165, 1.54) is 12.1 Å². The van der Waals surface area contributed by atoms with Crippen LogP contribution in [0.4, 0.5) is 11.4 Å². The number of amides is 2. The first kappa shape index (κ1) is 16.7. The predicted molar refractivity (Wildman–Crippen MR) is 93.7 cm³/mol. The zero-order valence-electron chi connectivity index (χ0n) is 13.7. The highest BCUT2D eigenvalue weighted by Gasteiger charge is 2.35. The van der Waals surface area contributed by atoms with Gasteiger partial charge in [-0.1, -0.05) is 18.2 Å². The lowest BCUT2D eigenvalue weighted by molar-refractivity contribution is -0.122. The van der Waals surface area contributed by atoms with E-state index in [4.69, 9.17) is 5.11 Å². The molecule has 1 fully saturated rings. The fourth-order valence-corrected chi connectivity index (χ4v) is 2.90. The summed E-state index contributed by atoms with van der Waals surface area (Å²) in [6, 6.07) is 13.6. The lowest BCUT2D eigenvalue weighted by Crippen LogP contribution is -2.28. The Bertz CT molecular complexity index is 847. The Morgan fingerprint density at radius 1 is 1.16 bits per heavy atom. The number of rotatable bonds is 4. The molecule has 0 spiro atoms. The zero-order valence-corrected chi connectivity index (χ0v) is 13.7. The molecule has 0 aliphatic carbocycles. The molecule has 0 radical (unpaired) electrons. The van der Waals surface area contributed by atoms with Gasteiger partial charge >= 0.3 is 5.97 Å². The summed E-state index contributed by atoms with van der Waals surface area (Å²) < 4.78 is 0. The molecule has 1 aliphatic heterocycles. The Balaban J connectivity index is 1.71. The van der Waals surface area contributed by atoms with Crippen LogP contribution in [0.1, 0.15) is 22.3 Å². The standard InChI is InChI=1S/C19H18N2O4/c1-12-4-2-7-16(8-12)21-11-14(10-17(21)22)18(23)20-15-6-3-5-13(9-15)19(24)25/h2-9,14H,10-11H2,1H3,(H,20,23)(H,24,25)/t14-/m0/s1. The highest BCUT2D eigenvalue weighted by atomic mass is 16.4. The van der Waals surface area contributed by atoms with E-state index in [1.807, 2.05) is 31.2 Å². The Morgan fingerprint density at radius 2 is 1.92 bits per heavy atom. The van der Waals surface area contributed by atoms with Crippen LogP contribution in [0.25, 0.3) is 0 Å². The summed E-state index contributed by atoms with van der Waals surface area (Å²) in [5, 5.41) is 11.7. The molecule has 128 valence electrons. The van der Waals surface area contributed by atoms with Crippen molar-refractivity contribution >= 4 is 29.2 Å². The summed E-state index contributed by atoms with van der Waals surface area (Å²) in [4.78, 5) is 37.3. The topological polar surface area (TPSA) is 86.7 Å². The smallest absolute Gasteiger partial charge is 0.335 e. The molecule has 0 saturated carbocycles. The number of benzene rings is 2. The summed E-state index contributed by atoms with van der Waals surface area (Å²) in [5.41, 5.74) is 2.34. The second-order valence-electron chi connectivity index (χ2n) is 6.12. The molecule has 2 N–H and O–H groups in total. The van der Waals surface area contributed by atoms with Crippen LogP contribution in [0.5, 0.6) is 0 Å².